The second kappa shape index (κ2) is 6.41. The van der Waals surface area contributed by atoms with Crippen molar-refractivity contribution in [1.82, 2.24) is 5.32 Å². The standard InChI is InChI=1S/C14H25NO2/c1-3-7-15-13(12-5-4-8-16-10-12)14-11(2)6-9-17-14/h10-11,13-15H,3-9H2,1-2H3. The summed E-state index contributed by atoms with van der Waals surface area (Å²) in [5.74, 6) is 0.646. The largest absolute Gasteiger partial charge is 0.501 e. The summed E-state index contributed by atoms with van der Waals surface area (Å²) in [5.41, 5.74) is 1.39. The van der Waals surface area contributed by atoms with Crippen LogP contribution in [0.1, 0.15) is 39.5 Å². The summed E-state index contributed by atoms with van der Waals surface area (Å²) < 4.78 is 11.4. The SMILES string of the molecule is CCCNC(C1=COCCC1)C1OCCC1C. The Kier molecular flexibility index (Phi) is 4.86. The van der Waals surface area contributed by atoms with Gasteiger partial charge in [0, 0.05) is 6.61 Å². The van der Waals surface area contributed by atoms with E-state index in [1.54, 1.807) is 0 Å². The Hall–Kier alpha value is -0.540. The monoisotopic (exact) mass is 239 g/mol. The molecule has 1 N–H and O–H groups in total. The molecule has 0 spiro atoms. The summed E-state index contributed by atoms with van der Waals surface area (Å²) in [6, 6.07) is 0.354. The molecular formula is C14H25NO2. The maximum absolute atomic E-state index is 5.92. The molecule has 2 aliphatic rings. The molecule has 3 nitrogen and oxygen atoms in total. The Balaban J connectivity index is 2.03. The van der Waals surface area contributed by atoms with E-state index in [1.165, 1.54) is 12.0 Å². The van der Waals surface area contributed by atoms with Gasteiger partial charge in [-0.05, 0) is 43.7 Å². The molecule has 3 heteroatoms. The van der Waals surface area contributed by atoms with Crippen LogP contribution in [0.3, 0.4) is 0 Å². The minimum Gasteiger partial charge on any atom is -0.501 e. The molecule has 0 aromatic rings. The van der Waals surface area contributed by atoms with Crippen LogP contribution in [-0.4, -0.2) is 31.9 Å². The van der Waals surface area contributed by atoms with Crippen molar-refractivity contribution in [3.8, 4) is 0 Å². The highest BCUT2D eigenvalue weighted by Gasteiger charge is 2.34. The lowest BCUT2D eigenvalue weighted by Gasteiger charge is -2.30. The number of hydrogen-bond acceptors (Lipinski definition) is 3. The summed E-state index contributed by atoms with van der Waals surface area (Å²) in [7, 11) is 0. The highest BCUT2D eigenvalue weighted by molar-refractivity contribution is 5.14. The van der Waals surface area contributed by atoms with E-state index in [2.05, 4.69) is 19.2 Å². The lowest BCUT2D eigenvalue weighted by Crippen LogP contribution is -2.44. The Bertz CT molecular complexity index is 265. The highest BCUT2D eigenvalue weighted by atomic mass is 16.5. The average molecular weight is 239 g/mol. The molecule has 17 heavy (non-hydrogen) atoms. The number of nitrogens with one attached hydrogen (secondary N) is 1. The van der Waals surface area contributed by atoms with Gasteiger partial charge in [-0.25, -0.2) is 0 Å². The third-order valence-corrected chi connectivity index (χ3v) is 3.75. The van der Waals surface area contributed by atoms with Gasteiger partial charge >= 0.3 is 0 Å². The molecule has 0 aromatic heterocycles. The third kappa shape index (κ3) is 3.23. The summed E-state index contributed by atoms with van der Waals surface area (Å²) in [6.45, 7) is 7.32. The second-order valence-corrected chi connectivity index (χ2v) is 5.20. The molecule has 98 valence electrons. The molecule has 0 bridgehead atoms. The van der Waals surface area contributed by atoms with E-state index in [0.717, 1.165) is 39.0 Å². The fourth-order valence-corrected chi connectivity index (χ4v) is 2.71. The van der Waals surface area contributed by atoms with E-state index >= 15 is 0 Å². The van der Waals surface area contributed by atoms with Crippen LogP contribution in [0.4, 0.5) is 0 Å². The summed E-state index contributed by atoms with van der Waals surface area (Å²) in [6.07, 6.45) is 6.92. The molecule has 3 atom stereocenters. The fourth-order valence-electron chi connectivity index (χ4n) is 2.71. The van der Waals surface area contributed by atoms with Gasteiger partial charge < -0.3 is 14.8 Å². The molecule has 0 radical (unpaired) electrons. The zero-order chi connectivity index (χ0) is 12.1. The van der Waals surface area contributed by atoms with Crippen LogP contribution in [-0.2, 0) is 9.47 Å². The second-order valence-electron chi connectivity index (χ2n) is 5.20. The smallest absolute Gasteiger partial charge is 0.0876 e. The number of rotatable bonds is 5. The first-order valence-electron chi connectivity index (χ1n) is 6.98. The predicted molar refractivity (Wildman–Crippen MR) is 68.9 cm³/mol. The van der Waals surface area contributed by atoms with Gasteiger partial charge in [0.25, 0.3) is 0 Å². The van der Waals surface area contributed by atoms with Gasteiger partial charge in [-0.1, -0.05) is 13.8 Å². The van der Waals surface area contributed by atoms with Crippen molar-refractivity contribution in [3.05, 3.63) is 11.8 Å². The van der Waals surface area contributed by atoms with Crippen molar-refractivity contribution in [3.63, 3.8) is 0 Å². The van der Waals surface area contributed by atoms with Crippen LogP contribution in [0.2, 0.25) is 0 Å². The normalized spacial score (nSPS) is 30.8. The highest BCUT2D eigenvalue weighted by Crippen LogP contribution is 2.29. The Morgan fingerprint density at radius 3 is 2.94 bits per heavy atom. The molecule has 0 saturated carbocycles. The maximum Gasteiger partial charge on any atom is 0.0876 e. The van der Waals surface area contributed by atoms with Gasteiger partial charge in [-0.15, -0.1) is 0 Å². The summed E-state index contributed by atoms with van der Waals surface area (Å²) in [4.78, 5) is 0. The van der Waals surface area contributed by atoms with Crippen LogP contribution in [0.15, 0.2) is 11.8 Å². The van der Waals surface area contributed by atoms with E-state index in [4.69, 9.17) is 9.47 Å². The van der Waals surface area contributed by atoms with Crippen LogP contribution in [0.25, 0.3) is 0 Å². The third-order valence-electron chi connectivity index (χ3n) is 3.75. The van der Waals surface area contributed by atoms with Gasteiger partial charge in [-0.2, -0.15) is 0 Å². The van der Waals surface area contributed by atoms with Gasteiger partial charge in [0.15, 0.2) is 0 Å². The van der Waals surface area contributed by atoms with Gasteiger partial charge in [0.1, 0.15) is 0 Å². The molecule has 2 heterocycles. The van der Waals surface area contributed by atoms with Crippen LogP contribution >= 0.6 is 0 Å². The van der Waals surface area contributed by atoms with E-state index in [1.807, 2.05) is 6.26 Å². The first kappa shape index (κ1) is 12.9. The van der Waals surface area contributed by atoms with E-state index in [0.29, 0.717) is 18.1 Å². The molecule has 3 unspecified atom stereocenters. The van der Waals surface area contributed by atoms with Crippen LogP contribution in [0.5, 0.6) is 0 Å². The van der Waals surface area contributed by atoms with Crippen molar-refractivity contribution in [1.29, 1.82) is 0 Å². The first-order valence-corrected chi connectivity index (χ1v) is 6.98. The molecular weight excluding hydrogens is 214 g/mol. The van der Waals surface area contributed by atoms with E-state index in [-0.39, 0.29) is 0 Å². The van der Waals surface area contributed by atoms with Crippen molar-refractivity contribution < 1.29 is 9.47 Å². The van der Waals surface area contributed by atoms with Crippen LogP contribution in [0, 0.1) is 5.92 Å². The lowest BCUT2D eigenvalue weighted by atomic mass is 9.90. The molecule has 2 rings (SSSR count). The van der Waals surface area contributed by atoms with Gasteiger partial charge in [0.05, 0.1) is 25.0 Å². The van der Waals surface area contributed by atoms with Gasteiger partial charge in [0.2, 0.25) is 0 Å². The topological polar surface area (TPSA) is 30.5 Å². The minimum absolute atomic E-state index is 0.328. The quantitative estimate of drug-likeness (QED) is 0.799. The zero-order valence-corrected chi connectivity index (χ0v) is 11.1. The van der Waals surface area contributed by atoms with E-state index < -0.39 is 0 Å². The predicted octanol–water partition coefficient (Wildman–Crippen LogP) is 2.47. The van der Waals surface area contributed by atoms with Crippen molar-refractivity contribution >= 4 is 0 Å². The maximum atomic E-state index is 5.92. The fraction of sp³-hybridized carbons (Fsp3) is 0.857. The first-order chi connectivity index (χ1) is 8.33. The van der Waals surface area contributed by atoms with E-state index in [9.17, 15) is 0 Å². The average Bonchev–Trinajstić information content (AvgIpc) is 2.78. The van der Waals surface area contributed by atoms with Crippen LogP contribution < -0.4 is 5.32 Å². The molecule has 0 aliphatic carbocycles. The summed E-state index contributed by atoms with van der Waals surface area (Å²) in [5, 5.41) is 3.64. The number of ether oxygens (including phenoxy) is 2. The Morgan fingerprint density at radius 1 is 1.47 bits per heavy atom. The molecule has 0 aromatic carbocycles. The zero-order valence-electron chi connectivity index (χ0n) is 11.1. The Morgan fingerprint density at radius 2 is 2.35 bits per heavy atom. The molecule has 1 fully saturated rings. The van der Waals surface area contributed by atoms with Crippen molar-refractivity contribution in [2.75, 3.05) is 19.8 Å². The van der Waals surface area contributed by atoms with Crippen molar-refractivity contribution in [2.45, 2.75) is 51.7 Å². The molecule has 2 aliphatic heterocycles. The molecule has 1 saturated heterocycles. The van der Waals surface area contributed by atoms with Gasteiger partial charge in [-0.3, -0.25) is 0 Å². The molecule has 0 amide bonds. The lowest BCUT2D eigenvalue weighted by molar-refractivity contribution is 0.0669. The van der Waals surface area contributed by atoms with Crippen molar-refractivity contribution in [2.24, 2.45) is 5.92 Å². The summed E-state index contributed by atoms with van der Waals surface area (Å²) >= 11 is 0. The number of hydrogen-bond donors (Lipinski definition) is 1. The minimum atomic E-state index is 0.328. The Labute approximate surface area is 105 Å².